The van der Waals surface area contributed by atoms with Gasteiger partial charge in [0.05, 0.1) is 30.1 Å². The van der Waals surface area contributed by atoms with Crippen molar-refractivity contribution in [1.82, 2.24) is 9.97 Å². The Morgan fingerprint density at radius 2 is 1.51 bits per heavy atom. The van der Waals surface area contributed by atoms with Crippen molar-refractivity contribution in [2.75, 3.05) is 12.1 Å². The third-order valence-electron chi connectivity index (χ3n) is 6.49. The molecule has 0 radical (unpaired) electrons. The van der Waals surface area contributed by atoms with Crippen LogP contribution in [0.1, 0.15) is 23.6 Å². The van der Waals surface area contributed by atoms with E-state index in [1.54, 1.807) is 7.11 Å². The largest absolute Gasteiger partial charge is 0.497 e. The molecule has 0 bridgehead atoms. The van der Waals surface area contributed by atoms with Gasteiger partial charge in [0.2, 0.25) is 5.95 Å². The number of halogens is 2. The smallest absolute Gasteiger partial charge is 0.247 e. The van der Waals surface area contributed by atoms with Crippen molar-refractivity contribution in [2.45, 2.75) is 12.5 Å². The number of hydrogen-bond donors (Lipinski definition) is 0. The first kappa shape index (κ1) is 23.8. The second-order valence-electron chi connectivity index (χ2n) is 8.79. The first-order chi connectivity index (χ1) is 18.1. The molecule has 1 aliphatic rings. The number of fused-ring (bicyclic) bond motifs is 1. The molecule has 7 heteroatoms. The lowest BCUT2D eigenvalue weighted by Gasteiger charge is -2.23. The maximum absolute atomic E-state index is 5.35. The summed E-state index contributed by atoms with van der Waals surface area (Å²) in [4.78, 5) is 10.1. The minimum Gasteiger partial charge on any atom is -0.497 e. The predicted molar refractivity (Wildman–Crippen MR) is 156 cm³/mol. The molecular weight excluding hydrogens is 592 g/mol. The Hall–Kier alpha value is -3.55. The highest BCUT2D eigenvalue weighted by atomic mass is 79.9. The molecule has 4 aromatic carbocycles. The predicted octanol–water partition coefficient (Wildman–Crippen LogP) is 8.19. The Morgan fingerprint density at radius 1 is 0.784 bits per heavy atom. The summed E-state index contributed by atoms with van der Waals surface area (Å²) in [7, 11) is 1.67. The van der Waals surface area contributed by atoms with Gasteiger partial charge in [0.15, 0.2) is 0 Å². The lowest BCUT2D eigenvalue weighted by Crippen LogP contribution is -2.21. The van der Waals surface area contributed by atoms with Crippen LogP contribution in [0.3, 0.4) is 0 Å². The lowest BCUT2D eigenvalue weighted by molar-refractivity contribution is 0.415. The molecule has 0 saturated carbocycles. The van der Waals surface area contributed by atoms with E-state index in [2.05, 4.69) is 74.3 Å². The topological polar surface area (TPSA) is 50.6 Å². The Kier molecular flexibility index (Phi) is 6.49. The zero-order chi connectivity index (χ0) is 25.4. The van der Waals surface area contributed by atoms with Crippen molar-refractivity contribution in [3.8, 4) is 17.0 Å². The van der Waals surface area contributed by atoms with Gasteiger partial charge in [0, 0.05) is 26.3 Å². The number of benzene rings is 4. The number of ether oxygens (including phenoxy) is 1. The molecule has 0 fully saturated rings. The van der Waals surface area contributed by atoms with E-state index in [1.807, 2.05) is 59.6 Å². The van der Waals surface area contributed by atoms with Crippen LogP contribution in [0.2, 0.25) is 0 Å². The van der Waals surface area contributed by atoms with E-state index in [1.165, 1.54) is 0 Å². The molecule has 5 nitrogen and oxygen atoms in total. The minimum atomic E-state index is -0.0401. The van der Waals surface area contributed by atoms with Gasteiger partial charge in [-0.1, -0.05) is 74.3 Å². The summed E-state index contributed by atoms with van der Waals surface area (Å²) < 4.78 is 7.38. The molecule has 0 N–H and O–H groups in total. The van der Waals surface area contributed by atoms with Crippen molar-refractivity contribution in [3.05, 3.63) is 117 Å². The molecule has 1 atom stereocenters. The van der Waals surface area contributed by atoms with Crippen LogP contribution in [-0.2, 0) is 0 Å². The van der Waals surface area contributed by atoms with Gasteiger partial charge in [0.25, 0.3) is 0 Å². The molecule has 1 aromatic heterocycles. The third kappa shape index (κ3) is 4.77. The fourth-order valence-corrected chi connectivity index (χ4v) is 5.23. The van der Waals surface area contributed by atoms with Crippen LogP contribution in [0.5, 0.6) is 5.75 Å². The van der Waals surface area contributed by atoms with Gasteiger partial charge in [-0.05, 0) is 65.7 Å². The van der Waals surface area contributed by atoms with Crippen LogP contribution >= 0.6 is 31.9 Å². The number of anilines is 1. The SMILES string of the molecule is COc1ccc(C2=NN(c3nc(-c4ccccc4)c4cc(Br)ccc4n3)[C@H](c3ccc(Br)cc3)C2)cc1. The standard InChI is InChI=1S/C30H22Br2N4O/c1-37-24-14-9-19(10-15-24)27-18-28(20-7-11-22(31)12-8-20)36(35-27)30-33-26-16-13-23(32)17-25(26)29(34-30)21-5-3-2-4-6-21/h2-17,28H,18H2,1H3/t28-/m0/s1. The highest BCUT2D eigenvalue weighted by molar-refractivity contribution is 9.10. The highest BCUT2D eigenvalue weighted by Gasteiger charge is 2.32. The fourth-order valence-electron chi connectivity index (χ4n) is 4.60. The molecule has 182 valence electrons. The quantitative estimate of drug-likeness (QED) is 0.200. The summed E-state index contributed by atoms with van der Waals surface area (Å²) in [5, 5.41) is 8.04. The molecule has 1 aliphatic heterocycles. The first-order valence-corrected chi connectivity index (χ1v) is 13.5. The molecular formula is C30H22Br2N4O. The van der Waals surface area contributed by atoms with E-state index >= 15 is 0 Å². The van der Waals surface area contributed by atoms with Crippen LogP contribution in [-0.4, -0.2) is 22.8 Å². The maximum atomic E-state index is 5.35. The van der Waals surface area contributed by atoms with E-state index < -0.39 is 0 Å². The monoisotopic (exact) mass is 612 g/mol. The minimum absolute atomic E-state index is 0.0401. The van der Waals surface area contributed by atoms with Crippen LogP contribution in [0, 0.1) is 0 Å². The van der Waals surface area contributed by atoms with Gasteiger partial charge >= 0.3 is 0 Å². The van der Waals surface area contributed by atoms with Gasteiger partial charge < -0.3 is 4.74 Å². The molecule has 0 aliphatic carbocycles. The molecule has 5 aromatic rings. The second kappa shape index (κ2) is 10.1. The Bertz CT molecular complexity index is 1600. The third-order valence-corrected chi connectivity index (χ3v) is 7.51. The molecule has 0 amide bonds. The van der Waals surface area contributed by atoms with Crippen molar-refractivity contribution in [1.29, 1.82) is 0 Å². The van der Waals surface area contributed by atoms with E-state index in [0.717, 1.165) is 60.1 Å². The zero-order valence-corrected chi connectivity index (χ0v) is 23.1. The number of rotatable bonds is 5. The molecule has 2 heterocycles. The summed E-state index contributed by atoms with van der Waals surface area (Å²) in [5.41, 5.74) is 5.97. The number of nitrogens with zero attached hydrogens (tertiary/aromatic N) is 4. The van der Waals surface area contributed by atoms with E-state index in [4.69, 9.17) is 19.8 Å². The van der Waals surface area contributed by atoms with Crippen molar-refractivity contribution in [2.24, 2.45) is 5.10 Å². The Labute approximate surface area is 232 Å². The molecule has 0 spiro atoms. The Balaban J connectivity index is 1.52. The first-order valence-electron chi connectivity index (χ1n) is 11.9. The normalized spacial score (nSPS) is 15.2. The molecule has 0 saturated heterocycles. The maximum Gasteiger partial charge on any atom is 0.247 e. The molecule has 6 rings (SSSR count). The number of hydrazone groups is 1. The second-order valence-corrected chi connectivity index (χ2v) is 10.6. The number of hydrogen-bond acceptors (Lipinski definition) is 5. The number of aromatic nitrogens is 2. The van der Waals surface area contributed by atoms with Gasteiger partial charge in [-0.15, -0.1) is 0 Å². The van der Waals surface area contributed by atoms with Crippen molar-refractivity contribution < 1.29 is 4.74 Å². The van der Waals surface area contributed by atoms with Crippen LogP contribution < -0.4 is 9.75 Å². The zero-order valence-electron chi connectivity index (χ0n) is 20.0. The summed E-state index contributed by atoms with van der Waals surface area (Å²) >= 11 is 7.18. The van der Waals surface area contributed by atoms with E-state index in [-0.39, 0.29) is 6.04 Å². The van der Waals surface area contributed by atoms with Crippen molar-refractivity contribution >= 4 is 54.4 Å². The van der Waals surface area contributed by atoms with Gasteiger partial charge in [0.1, 0.15) is 5.75 Å². The van der Waals surface area contributed by atoms with Crippen LogP contribution in [0.15, 0.2) is 111 Å². The summed E-state index contributed by atoms with van der Waals surface area (Å²) in [6.45, 7) is 0. The van der Waals surface area contributed by atoms with Crippen LogP contribution in [0.4, 0.5) is 5.95 Å². The summed E-state index contributed by atoms with van der Waals surface area (Å²) in [6.07, 6.45) is 0.733. The van der Waals surface area contributed by atoms with Gasteiger partial charge in [-0.25, -0.2) is 15.0 Å². The highest BCUT2D eigenvalue weighted by Crippen LogP contribution is 2.38. The Morgan fingerprint density at radius 3 is 2.24 bits per heavy atom. The average Bonchev–Trinajstić information content (AvgIpc) is 3.39. The summed E-state index contributed by atoms with van der Waals surface area (Å²) in [6, 6.07) is 32.7. The average molecular weight is 614 g/mol. The molecule has 0 unspecified atom stereocenters. The summed E-state index contributed by atoms with van der Waals surface area (Å²) in [5.74, 6) is 1.39. The lowest BCUT2D eigenvalue weighted by atomic mass is 9.98. The van der Waals surface area contributed by atoms with E-state index in [9.17, 15) is 0 Å². The fraction of sp³-hybridized carbons (Fsp3) is 0.100. The van der Waals surface area contributed by atoms with E-state index in [0.29, 0.717) is 5.95 Å². The van der Waals surface area contributed by atoms with Gasteiger partial charge in [-0.2, -0.15) is 5.10 Å². The van der Waals surface area contributed by atoms with Gasteiger partial charge in [-0.3, -0.25) is 0 Å². The number of methoxy groups -OCH3 is 1. The molecule has 37 heavy (non-hydrogen) atoms. The van der Waals surface area contributed by atoms with Crippen LogP contribution in [0.25, 0.3) is 22.2 Å². The van der Waals surface area contributed by atoms with Crippen molar-refractivity contribution in [3.63, 3.8) is 0 Å².